The van der Waals surface area contributed by atoms with Gasteiger partial charge in [-0.15, -0.1) is 11.6 Å². The summed E-state index contributed by atoms with van der Waals surface area (Å²) in [6, 6.07) is 7.94. The Morgan fingerprint density at radius 2 is 2.00 bits per heavy atom. The summed E-state index contributed by atoms with van der Waals surface area (Å²) in [5.41, 5.74) is 3.34. The summed E-state index contributed by atoms with van der Waals surface area (Å²) in [5, 5.41) is 5.23. The van der Waals surface area contributed by atoms with Gasteiger partial charge in [-0.05, 0) is 53.2 Å². The van der Waals surface area contributed by atoms with E-state index in [1.165, 1.54) is 5.69 Å². The summed E-state index contributed by atoms with van der Waals surface area (Å²) in [6.07, 6.45) is 1.76. The van der Waals surface area contributed by atoms with Crippen LogP contribution in [0, 0.1) is 12.8 Å². The van der Waals surface area contributed by atoms with Crippen molar-refractivity contribution in [3.8, 4) is 0 Å². The lowest BCUT2D eigenvalue weighted by Crippen LogP contribution is -2.13. The normalized spacial score (nSPS) is 12.7. The summed E-state index contributed by atoms with van der Waals surface area (Å²) in [6.45, 7) is 2.00. The van der Waals surface area contributed by atoms with Gasteiger partial charge in [-0.1, -0.05) is 29.8 Å². The van der Waals surface area contributed by atoms with Gasteiger partial charge in [0.25, 0.3) is 0 Å². The van der Waals surface area contributed by atoms with E-state index in [9.17, 15) is 0 Å². The Morgan fingerprint density at radius 1 is 1.30 bits per heavy atom. The van der Waals surface area contributed by atoms with E-state index in [2.05, 4.69) is 27.1 Å². The van der Waals surface area contributed by atoms with E-state index in [0.29, 0.717) is 11.8 Å². The molecular weight excluding hydrogens is 359 g/mol. The molecule has 0 aliphatic heterocycles. The molecule has 1 aromatic carbocycles. The lowest BCUT2D eigenvalue weighted by Gasteiger charge is -2.15. The van der Waals surface area contributed by atoms with Crippen molar-refractivity contribution in [1.29, 1.82) is 0 Å². The standard InChI is InChI=1S/C15H17BrCl2N2/c1-10-15(16)14(20(2)19-10)8-11(9-17)7-12-5-3-4-6-13(12)18/h3-6,11H,7-9H2,1-2H3. The maximum Gasteiger partial charge on any atom is 0.0738 e. The van der Waals surface area contributed by atoms with E-state index in [1.807, 2.05) is 36.9 Å². The fraction of sp³-hybridized carbons (Fsp3) is 0.400. The third-order valence-corrected chi connectivity index (χ3v) is 5.26. The summed E-state index contributed by atoms with van der Waals surface area (Å²) in [4.78, 5) is 0. The van der Waals surface area contributed by atoms with E-state index in [-0.39, 0.29) is 0 Å². The van der Waals surface area contributed by atoms with Crippen LogP contribution in [0.3, 0.4) is 0 Å². The van der Waals surface area contributed by atoms with Crippen LogP contribution in [-0.4, -0.2) is 15.7 Å². The van der Waals surface area contributed by atoms with Crippen LogP contribution in [0.5, 0.6) is 0 Å². The van der Waals surface area contributed by atoms with E-state index in [0.717, 1.165) is 33.6 Å². The van der Waals surface area contributed by atoms with Crippen LogP contribution in [0.1, 0.15) is 17.0 Å². The van der Waals surface area contributed by atoms with Crippen LogP contribution in [0.25, 0.3) is 0 Å². The van der Waals surface area contributed by atoms with Gasteiger partial charge in [0.2, 0.25) is 0 Å². The molecule has 0 aliphatic rings. The zero-order valence-corrected chi connectivity index (χ0v) is 14.6. The second-order valence-electron chi connectivity index (χ2n) is 4.99. The predicted octanol–water partition coefficient (Wildman–Crippen LogP) is 4.78. The first-order valence-electron chi connectivity index (χ1n) is 6.50. The van der Waals surface area contributed by atoms with Gasteiger partial charge in [-0.25, -0.2) is 0 Å². The minimum atomic E-state index is 0.336. The lowest BCUT2D eigenvalue weighted by atomic mass is 9.96. The molecule has 1 heterocycles. The van der Waals surface area contributed by atoms with E-state index < -0.39 is 0 Å². The topological polar surface area (TPSA) is 17.8 Å². The molecule has 0 radical (unpaired) electrons. The Hall–Kier alpha value is -0.510. The SMILES string of the molecule is Cc1nn(C)c(CC(CCl)Cc2ccccc2Cl)c1Br. The van der Waals surface area contributed by atoms with E-state index >= 15 is 0 Å². The molecule has 2 nitrogen and oxygen atoms in total. The molecule has 0 saturated carbocycles. The number of aryl methyl sites for hydroxylation is 2. The molecule has 0 aliphatic carbocycles. The second-order valence-corrected chi connectivity index (χ2v) is 6.50. The Balaban J connectivity index is 2.15. The molecule has 108 valence electrons. The monoisotopic (exact) mass is 374 g/mol. The van der Waals surface area contributed by atoms with Crippen molar-refractivity contribution in [2.75, 3.05) is 5.88 Å². The van der Waals surface area contributed by atoms with Crippen LogP contribution in [0.15, 0.2) is 28.7 Å². The van der Waals surface area contributed by atoms with Crippen LogP contribution < -0.4 is 0 Å². The van der Waals surface area contributed by atoms with Gasteiger partial charge in [0.05, 0.1) is 15.9 Å². The minimum absolute atomic E-state index is 0.336. The molecule has 5 heteroatoms. The molecule has 2 rings (SSSR count). The number of hydrogen-bond acceptors (Lipinski definition) is 1. The molecule has 0 spiro atoms. The molecule has 0 N–H and O–H groups in total. The van der Waals surface area contributed by atoms with Crippen LogP contribution in [-0.2, 0) is 19.9 Å². The van der Waals surface area contributed by atoms with Gasteiger partial charge in [0.15, 0.2) is 0 Å². The smallest absolute Gasteiger partial charge is 0.0738 e. The molecule has 2 aromatic rings. The summed E-state index contributed by atoms with van der Waals surface area (Å²) in [7, 11) is 1.97. The summed E-state index contributed by atoms with van der Waals surface area (Å²) in [5.74, 6) is 0.935. The van der Waals surface area contributed by atoms with Crippen LogP contribution >= 0.6 is 39.1 Å². The first-order valence-corrected chi connectivity index (χ1v) is 8.20. The molecule has 1 unspecified atom stereocenters. The molecular formula is C15H17BrCl2N2. The zero-order valence-electron chi connectivity index (χ0n) is 11.5. The highest BCUT2D eigenvalue weighted by Gasteiger charge is 2.17. The van der Waals surface area contributed by atoms with Crippen molar-refractivity contribution in [1.82, 2.24) is 9.78 Å². The van der Waals surface area contributed by atoms with Crippen LogP contribution in [0.2, 0.25) is 5.02 Å². The maximum absolute atomic E-state index is 6.23. The third-order valence-electron chi connectivity index (χ3n) is 3.43. The second kappa shape index (κ2) is 6.97. The number of halogens is 3. The van der Waals surface area contributed by atoms with Crippen molar-refractivity contribution in [2.24, 2.45) is 13.0 Å². The first-order chi connectivity index (χ1) is 9.52. The van der Waals surface area contributed by atoms with Gasteiger partial charge in [-0.3, -0.25) is 4.68 Å². The predicted molar refractivity (Wildman–Crippen MR) is 88.7 cm³/mol. The first kappa shape index (κ1) is 15.9. The van der Waals surface area contributed by atoms with Crippen molar-refractivity contribution in [2.45, 2.75) is 19.8 Å². The number of alkyl halides is 1. The highest BCUT2D eigenvalue weighted by Crippen LogP contribution is 2.26. The van der Waals surface area contributed by atoms with E-state index in [1.54, 1.807) is 0 Å². The molecule has 0 saturated heterocycles. The zero-order chi connectivity index (χ0) is 14.7. The van der Waals surface area contributed by atoms with Gasteiger partial charge in [0, 0.05) is 18.0 Å². The Kier molecular flexibility index (Phi) is 5.53. The quantitative estimate of drug-likeness (QED) is 0.687. The molecule has 1 aromatic heterocycles. The Bertz CT molecular complexity index is 596. The number of rotatable bonds is 5. The molecule has 0 fully saturated rings. The molecule has 0 amide bonds. The lowest BCUT2D eigenvalue weighted by molar-refractivity contribution is 0.550. The fourth-order valence-corrected chi connectivity index (χ4v) is 3.26. The minimum Gasteiger partial charge on any atom is -0.271 e. The van der Waals surface area contributed by atoms with Gasteiger partial charge in [-0.2, -0.15) is 5.10 Å². The molecule has 20 heavy (non-hydrogen) atoms. The number of nitrogens with zero attached hydrogens (tertiary/aromatic N) is 2. The maximum atomic E-state index is 6.23. The van der Waals surface area contributed by atoms with Crippen molar-refractivity contribution in [3.63, 3.8) is 0 Å². The average Bonchev–Trinajstić information content (AvgIpc) is 2.66. The number of hydrogen-bond donors (Lipinski definition) is 0. The molecule has 1 atom stereocenters. The number of aromatic nitrogens is 2. The Labute approximate surface area is 138 Å². The van der Waals surface area contributed by atoms with Crippen molar-refractivity contribution >= 4 is 39.1 Å². The average molecular weight is 376 g/mol. The third kappa shape index (κ3) is 3.57. The van der Waals surface area contributed by atoms with Crippen molar-refractivity contribution in [3.05, 3.63) is 50.7 Å². The summed E-state index contributed by atoms with van der Waals surface area (Å²) < 4.78 is 3.00. The highest BCUT2D eigenvalue weighted by atomic mass is 79.9. The van der Waals surface area contributed by atoms with Gasteiger partial charge < -0.3 is 0 Å². The highest BCUT2D eigenvalue weighted by molar-refractivity contribution is 9.10. The molecule has 0 bridgehead atoms. The largest absolute Gasteiger partial charge is 0.271 e. The van der Waals surface area contributed by atoms with Crippen LogP contribution in [0.4, 0.5) is 0 Å². The Morgan fingerprint density at radius 3 is 2.55 bits per heavy atom. The van der Waals surface area contributed by atoms with Gasteiger partial charge in [0.1, 0.15) is 0 Å². The van der Waals surface area contributed by atoms with Gasteiger partial charge >= 0.3 is 0 Å². The fourth-order valence-electron chi connectivity index (χ4n) is 2.33. The summed E-state index contributed by atoms with van der Waals surface area (Å²) >= 11 is 16.0. The van der Waals surface area contributed by atoms with E-state index in [4.69, 9.17) is 23.2 Å². The number of benzene rings is 1. The van der Waals surface area contributed by atoms with Crippen molar-refractivity contribution < 1.29 is 0 Å².